The molecule has 1 saturated heterocycles. The molecule has 7 heteroatoms. The zero-order valence-electron chi connectivity index (χ0n) is 10.2. The highest BCUT2D eigenvalue weighted by Crippen LogP contribution is 2.12. The largest absolute Gasteiger partial charge is 0.480 e. The minimum absolute atomic E-state index is 0.179. The second kappa shape index (κ2) is 5.18. The second-order valence-corrected chi connectivity index (χ2v) is 4.31. The Morgan fingerprint density at radius 3 is 2.67 bits per heavy atom. The van der Waals surface area contributed by atoms with Crippen LogP contribution in [0.4, 0.5) is 5.82 Å². The van der Waals surface area contributed by atoms with Crippen molar-refractivity contribution < 1.29 is 9.90 Å². The number of hydrogen-bond acceptors (Lipinski definition) is 5. The van der Waals surface area contributed by atoms with Gasteiger partial charge in [-0.05, 0) is 6.92 Å². The van der Waals surface area contributed by atoms with Gasteiger partial charge in [0.1, 0.15) is 11.9 Å². The van der Waals surface area contributed by atoms with E-state index in [4.69, 9.17) is 5.11 Å². The number of piperazine rings is 1. The molecule has 0 aliphatic carbocycles. The minimum atomic E-state index is -0.808. The van der Waals surface area contributed by atoms with Crippen LogP contribution in [0, 0.1) is 0 Å². The van der Waals surface area contributed by atoms with Gasteiger partial charge in [0.25, 0.3) is 5.56 Å². The van der Waals surface area contributed by atoms with E-state index in [1.54, 1.807) is 6.92 Å². The van der Waals surface area contributed by atoms with Crippen LogP contribution >= 0.6 is 0 Å². The summed E-state index contributed by atoms with van der Waals surface area (Å²) in [5.41, 5.74) is -0.179. The number of nitrogens with one attached hydrogen (secondary N) is 1. The van der Waals surface area contributed by atoms with E-state index in [0.717, 1.165) is 0 Å². The Hall–Kier alpha value is -1.89. The molecule has 1 aliphatic heterocycles. The summed E-state index contributed by atoms with van der Waals surface area (Å²) >= 11 is 0. The molecular weight excluding hydrogens is 236 g/mol. The Morgan fingerprint density at radius 1 is 1.44 bits per heavy atom. The van der Waals surface area contributed by atoms with Gasteiger partial charge in [-0.2, -0.15) is 0 Å². The Balaban J connectivity index is 1.98. The number of carboxylic acid groups (broad SMARTS) is 1. The van der Waals surface area contributed by atoms with Crippen LogP contribution in [0.1, 0.15) is 6.92 Å². The van der Waals surface area contributed by atoms with E-state index in [9.17, 15) is 9.59 Å². The summed E-state index contributed by atoms with van der Waals surface area (Å²) in [5.74, 6) is -0.167. The molecule has 1 unspecified atom stereocenters. The maximum atomic E-state index is 11.2. The fourth-order valence-corrected chi connectivity index (χ4v) is 2.03. The Kier molecular flexibility index (Phi) is 3.61. The van der Waals surface area contributed by atoms with E-state index >= 15 is 0 Å². The van der Waals surface area contributed by atoms with Crippen molar-refractivity contribution in [2.45, 2.75) is 13.0 Å². The molecule has 0 spiro atoms. The van der Waals surface area contributed by atoms with Crippen LogP contribution in [-0.4, -0.2) is 58.2 Å². The molecule has 1 fully saturated rings. The number of hydrogen-bond donors (Lipinski definition) is 2. The van der Waals surface area contributed by atoms with Crippen LogP contribution in [0.25, 0.3) is 0 Å². The molecule has 7 nitrogen and oxygen atoms in total. The van der Waals surface area contributed by atoms with Gasteiger partial charge in [0.15, 0.2) is 0 Å². The molecule has 2 N–H and O–H groups in total. The molecule has 18 heavy (non-hydrogen) atoms. The van der Waals surface area contributed by atoms with E-state index in [0.29, 0.717) is 32.0 Å². The summed E-state index contributed by atoms with van der Waals surface area (Å²) in [5, 5.41) is 8.94. The maximum Gasteiger partial charge on any atom is 0.320 e. The number of aliphatic carboxylic acids is 1. The van der Waals surface area contributed by atoms with E-state index < -0.39 is 12.0 Å². The molecule has 2 rings (SSSR count). The summed E-state index contributed by atoms with van der Waals surface area (Å²) < 4.78 is 0. The highest BCUT2D eigenvalue weighted by Gasteiger charge is 2.25. The third-order valence-electron chi connectivity index (χ3n) is 3.21. The molecule has 0 amide bonds. The molecule has 0 saturated carbocycles. The van der Waals surface area contributed by atoms with Gasteiger partial charge in [0, 0.05) is 32.2 Å². The first-order valence-electron chi connectivity index (χ1n) is 5.84. The highest BCUT2D eigenvalue weighted by atomic mass is 16.4. The average Bonchev–Trinajstić information content (AvgIpc) is 2.38. The number of H-pyrrole nitrogens is 1. The molecule has 98 valence electrons. The summed E-state index contributed by atoms with van der Waals surface area (Å²) in [4.78, 5) is 32.5. The number of carbonyl (C=O) groups is 1. The van der Waals surface area contributed by atoms with Gasteiger partial charge in [-0.1, -0.05) is 0 Å². The first-order chi connectivity index (χ1) is 8.58. The van der Waals surface area contributed by atoms with Crippen LogP contribution in [0.15, 0.2) is 17.2 Å². The highest BCUT2D eigenvalue weighted by molar-refractivity contribution is 5.72. The zero-order chi connectivity index (χ0) is 13.1. The standard InChI is InChI=1S/C11H16N4O3/c1-8(11(17)18)14-2-4-15(5-3-14)9-6-10(16)13-7-12-9/h6-8H,2-5H2,1H3,(H,17,18)(H,12,13,16). The molecular formula is C11H16N4O3. The minimum Gasteiger partial charge on any atom is -0.480 e. The SMILES string of the molecule is CC(C(=O)O)N1CCN(c2cc(=O)[nH]cn2)CC1. The van der Waals surface area contributed by atoms with E-state index in [1.807, 2.05) is 9.80 Å². The van der Waals surface area contributed by atoms with Crippen molar-refractivity contribution >= 4 is 11.8 Å². The van der Waals surface area contributed by atoms with Crippen molar-refractivity contribution in [1.82, 2.24) is 14.9 Å². The van der Waals surface area contributed by atoms with E-state index in [1.165, 1.54) is 12.4 Å². The lowest BCUT2D eigenvalue weighted by Gasteiger charge is -2.36. The van der Waals surface area contributed by atoms with E-state index in [-0.39, 0.29) is 5.56 Å². The number of rotatable bonds is 3. The van der Waals surface area contributed by atoms with Gasteiger partial charge in [-0.15, -0.1) is 0 Å². The number of nitrogens with zero attached hydrogens (tertiary/aromatic N) is 3. The Morgan fingerprint density at radius 2 is 2.11 bits per heavy atom. The molecule has 0 radical (unpaired) electrons. The van der Waals surface area contributed by atoms with Crippen LogP contribution in [0.3, 0.4) is 0 Å². The first-order valence-corrected chi connectivity index (χ1v) is 5.84. The quantitative estimate of drug-likeness (QED) is 0.744. The number of carboxylic acids is 1. The van der Waals surface area contributed by atoms with Crippen molar-refractivity contribution in [3.8, 4) is 0 Å². The molecule has 1 aromatic heterocycles. The summed E-state index contributed by atoms with van der Waals surface area (Å²) in [6, 6.07) is 0.982. The predicted octanol–water partition coefficient (Wildman–Crippen LogP) is -0.635. The molecule has 0 aromatic carbocycles. The van der Waals surface area contributed by atoms with Crippen LogP contribution < -0.4 is 10.5 Å². The van der Waals surface area contributed by atoms with Crippen molar-refractivity contribution in [2.24, 2.45) is 0 Å². The summed E-state index contributed by atoms with van der Waals surface area (Å²) in [6.45, 7) is 4.34. The van der Waals surface area contributed by atoms with Crippen LogP contribution in [0.5, 0.6) is 0 Å². The summed E-state index contributed by atoms with van der Waals surface area (Å²) in [7, 11) is 0. The van der Waals surface area contributed by atoms with E-state index in [2.05, 4.69) is 9.97 Å². The fourth-order valence-electron chi connectivity index (χ4n) is 2.03. The van der Waals surface area contributed by atoms with Crippen molar-refractivity contribution in [3.05, 3.63) is 22.7 Å². The molecule has 2 heterocycles. The van der Waals surface area contributed by atoms with Gasteiger partial charge in [-0.25, -0.2) is 4.98 Å². The normalized spacial score (nSPS) is 18.6. The van der Waals surface area contributed by atoms with Gasteiger partial charge < -0.3 is 15.0 Å². The van der Waals surface area contributed by atoms with Gasteiger partial charge in [-0.3, -0.25) is 14.5 Å². The predicted molar refractivity (Wildman–Crippen MR) is 65.7 cm³/mol. The van der Waals surface area contributed by atoms with Gasteiger partial charge in [0.05, 0.1) is 6.33 Å². The fraction of sp³-hybridized carbons (Fsp3) is 0.545. The third kappa shape index (κ3) is 2.67. The lowest BCUT2D eigenvalue weighted by Crippen LogP contribution is -2.52. The van der Waals surface area contributed by atoms with Crippen molar-refractivity contribution in [1.29, 1.82) is 0 Å². The van der Waals surface area contributed by atoms with Gasteiger partial charge in [0.2, 0.25) is 0 Å². The topological polar surface area (TPSA) is 89.5 Å². The lowest BCUT2D eigenvalue weighted by molar-refractivity contribution is -0.142. The number of aromatic nitrogens is 2. The van der Waals surface area contributed by atoms with Crippen LogP contribution in [0.2, 0.25) is 0 Å². The van der Waals surface area contributed by atoms with Crippen molar-refractivity contribution in [3.63, 3.8) is 0 Å². The third-order valence-corrected chi connectivity index (χ3v) is 3.21. The van der Waals surface area contributed by atoms with Crippen LogP contribution in [-0.2, 0) is 4.79 Å². The Labute approximate surface area is 104 Å². The molecule has 0 bridgehead atoms. The Bertz CT molecular complexity index is 479. The second-order valence-electron chi connectivity index (χ2n) is 4.31. The maximum absolute atomic E-state index is 11.2. The molecule has 1 aromatic rings. The summed E-state index contributed by atoms with van der Waals surface area (Å²) in [6.07, 6.45) is 1.38. The molecule has 1 atom stereocenters. The first kappa shape index (κ1) is 12.6. The zero-order valence-corrected chi connectivity index (χ0v) is 10.2. The number of aromatic amines is 1. The number of anilines is 1. The average molecular weight is 252 g/mol. The lowest BCUT2D eigenvalue weighted by atomic mass is 10.2. The van der Waals surface area contributed by atoms with Gasteiger partial charge >= 0.3 is 5.97 Å². The molecule has 1 aliphatic rings. The van der Waals surface area contributed by atoms with Crippen molar-refractivity contribution in [2.75, 3.05) is 31.1 Å². The monoisotopic (exact) mass is 252 g/mol. The smallest absolute Gasteiger partial charge is 0.320 e.